The Hall–Kier alpha value is -0.270. The molecule has 0 amide bonds. The topological polar surface area (TPSA) is 74.7 Å². The van der Waals surface area contributed by atoms with Crippen molar-refractivity contribution in [1.29, 1.82) is 0 Å². The number of aliphatic carboxylic acids is 1. The average molecular weight is 293 g/mol. The number of hydrogen-bond donors (Lipinski definition) is 1. The molecular weight excluding hydrogens is 274 g/mol. The van der Waals surface area contributed by atoms with Crippen LogP contribution in [0.1, 0.15) is 19.8 Å². The van der Waals surface area contributed by atoms with Crippen molar-refractivity contribution in [1.82, 2.24) is 4.90 Å². The summed E-state index contributed by atoms with van der Waals surface area (Å²) in [6, 6.07) is -0.0257. The second kappa shape index (κ2) is 5.38. The van der Waals surface area contributed by atoms with Gasteiger partial charge in [-0.05, 0) is 12.2 Å². The number of carboxylic acid groups (broad SMARTS) is 1. The fourth-order valence-electron chi connectivity index (χ4n) is 2.87. The van der Waals surface area contributed by atoms with Crippen LogP contribution < -0.4 is 0 Å². The van der Waals surface area contributed by atoms with E-state index in [0.717, 1.165) is 12.2 Å². The van der Waals surface area contributed by atoms with Crippen LogP contribution in [0.5, 0.6) is 0 Å². The molecule has 2 heterocycles. The number of thioether (sulfide) groups is 1. The first kappa shape index (κ1) is 14.1. The summed E-state index contributed by atoms with van der Waals surface area (Å²) in [6.45, 7) is 2.62. The largest absolute Gasteiger partial charge is 0.481 e. The molecule has 2 aliphatic rings. The highest BCUT2D eigenvalue weighted by atomic mass is 32.2. The molecule has 2 aliphatic heterocycles. The quantitative estimate of drug-likeness (QED) is 0.814. The third kappa shape index (κ3) is 3.19. The van der Waals surface area contributed by atoms with Crippen LogP contribution in [0, 0.1) is 0 Å². The van der Waals surface area contributed by atoms with Crippen LogP contribution in [0.2, 0.25) is 0 Å². The van der Waals surface area contributed by atoms with Gasteiger partial charge in [-0.1, -0.05) is 6.92 Å². The van der Waals surface area contributed by atoms with Gasteiger partial charge in [-0.25, -0.2) is 8.42 Å². The van der Waals surface area contributed by atoms with E-state index < -0.39 is 15.8 Å². The molecule has 7 heteroatoms. The van der Waals surface area contributed by atoms with Crippen molar-refractivity contribution in [2.75, 3.05) is 23.8 Å². The zero-order valence-electron chi connectivity index (χ0n) is 10.4. The molecule has 2 fully saturated rings. The molecule has 2 rings (SSSR count). The summed E-state index contributed by atoms with van der Waals surface area (Å²) >= 11 is 1.88. The van der Waals surface area contributed by atoms with Crippen molar-refractivity contribution < 1.29 is 18.3 Å². The molecule has 3 unspecified atom stereocenters. The van der Waals surface area contributed by atoms with E-state index in [1.54, 1.807) is 0 Å². The lowest BCUT2D eigenvalue weighted by atomic mass is 10.1. The van der Waals surface area contributed by atoms with Crippen molar-refractivity contribution in [3.8, 4) is 0 Å². The third-order valence-corrected chi connectivity index (χ3v) is 6.76. The summed E-state index contributed by atoms with van der Waals surface area (Å²) in [6.07, 6.45) is 0.953. The Bertz CT molecular complexity index is 423. The molecule has 18 heavy (non-hydrogen) atoms. The first-order valence-corrected chi connectivity index (χ1v) is 9.05. The van der Waals surface area contributed by atoms with E-state index in [1.807, 2.05) is 11.8 Å². The number of rotatable bonds is 3. The van der Waals surface area contributed by atoms with E-state index in [1.165, 1.54) is 0 Å². The molecule has 3 atom stereocenters. The molecular formula is C11H19NO4S2. The van der Waals surface area contributed by atoms with E-state index in [0.29, 0.717) is 17.8 Å². The second-order valence-corrected chi connectivity index (χ2v) is 8.75. The standard InChI is InChI=1S/C11H19NO4S2/c1-8-10(2-4-17-8)12-3-5-18(15,16)7-9(12)6-11(13)14/h8-10H,2-7H2,1H3,(H,13,14). The fourth-order valence-corrected chi connectivity index (χ4v) is 5.68. The lowest BCUT2D eigenvalue weighted by Crippen LogP contribution is -2.55. The highest BCUT2D eigenvalue weighted by Crippen LogP contribution is 2.33. The summed E-state index contributed by atoms with van der Waals surface area (Å²) in [5, 5.41) is 9.40. The van der Waals surface area contributed by atoms with Gasteiger partial charge >= 0.3 is 5.97 Å². The lowest BCUT2D eigenvalue weighted by molar-refractivity contribution is -0.138. The van der Waals surface area contributed by atoms with E-state index in [4.69, 9.17) is 5.11 Å². The van der Waals surface area contributed by atoms with Gasteiger partial charge < -0.3 is 5.11 Å². The molecule has 0 aromatic heterocycles. The number of hydrogen-bond acceptors (Lipinski definition) is 5. The van der Waals surface area contributed by atoms with Gasteiger partial charge in [-0.2, -0.15) is 11.8 Å². The lowest BCUT2D eigenvalue weighted by Gasteiger charge is -2.40. The summed E-state index contributed by atoms with van der Waals surface area (Å²) in [5.41, 5.74) is 0. The first-order valence-electron chi connectivity index (χ1n) is 6.18. The molecule has 2 saturated heterocycles. The van der Waals surface area contributed by atoms with Gasteiger partial charge in [0.1, 0.15) is 0 Å². The Morgan fingerprint density at radius 2 is 2.22 bits per heavy atom. The second-order valence-electron chi connectivity index (χ2n) is 5.04. The molecule has 0 bridgehead atoms. The van der Waals surface area contributed by atoms with Crippen LogP contribution in [-0.2, 0) is 14.6 Å². The predicted octanol–water partition coefficient (Wildman–Crippen LogP) is 0.454. The monoisotopic (exact) mass is 293 g/mol. The Balaban J connectivity index is 2.14. The number of carbonyl (C=O) groups is 1. The zero-order valence-corrected chi connectivity index (χ0v) is 12.0. The number of nitrogens with zero attached hydrogens (tertiary/aromatic N) is 1. The molecule has 0 aliphatic carbocycles. The normalized spacial score (nSPS) is 36.6. The molecule has 0 aromatic rings. The summed E-state index contributed by atoms with van der Waals surface area (Å²) in [5.74, 6) is 0.319. The van der Waals surface area contributed by atoms with Gasteiger partial charge in [0.2, 0.25) is 0 Å². The van der Waals surface area contributed by atoms with Gasteiger partial charge in [-0.3, -0.25) is 9.69 Å². The van der Waals surface area contributed by atoms with Crippen LogP contribution in [-0.4, -0.2) is 65.5 Å². The minimum absolute atomic E-state index is 0.00676. The Morgan fingerprint density at radius 1 is 1.50 bits per heavy atom. The van der Waals surface area contributed by atoms with Crippen LogP contribution in [0.4, 0.5) is 0 Å². The maximum absolute atomic E-state index is 11.7. The molecule has 1 N–H and O–H groups in total. The molecule has 0 aromatic carbocycles. The molecule has 0 spiro atoms. The van der Waals surface area contributed by atoms with Crippen LogP contribution in [0.3, 0.4) is 0 Å². The third-order valence-electron chi connectivity index (χ3n) is 3.75. The zero-order chi connectivity index (χ0) is 13.3. The van der Waals surface area contributed by atoms with Crippen LogP contribution in [0.15, 0.2) is 0 Å². The predicted molar refractivity (Wildman–Crippen MR) is 71.7 cm³/mol. The number of sulfone groups is 1. The summed E-state index contributed by atoms with van der Waals surface area (Å²) in [7, 11) is -3.07. The van der Waals surface area contributed by atoms with Gasteiger partial charge in [0, 0.05) is 23.9 Å². The Kier molecular flexibility index (Phi) is 4.23. The molecule has 0 saturated carbocycles. The van der Waals surface area contributed by atoms with Crippen LogP contribution >= 0.6 is 11.8 Å². The fraction of sp³-hybridized carbons (Fsp3) is 0.909. The van der Waals surface area contributed by atoms with Crippen molar-refractivity contribution in [2.45, 2.75) is 37.1 Å². The SMILES string of the molecule is CC1SCCC1N1CCS(=O)(=O)CC1CC(=O)O. The van der Waals surface area contributed by atoms with Crippen molar-refractivity contribution in [2.24, 2.45) is 0 Å². The van der Waals surface area contributed by atoms with Gasteiger partial charge in [0.25, 0.3) is 0 Å². The minimum atomic E-state index is -3.07. The van der Waals surface area contributed by atoms with Crippen LogP contribution in [0.25, 0.3) is 0 Å². The smallest absolute Gasteiger partial charge is 0.304 e. The van der Waals surface area contributed by atoms with Gasteiger partial charge in [-0.15, -0.1) is 0 Å². The summed E-state index contributed by atoms with van der Waals surface area (Å²) in [4.78, 5) is 13.0. The van der Waals surface area contributed by atoms with Crippen molar-refractivity contribution >= 4 is 27.6 Å². The van der Waals surface area contributed by atoms with Gasteiger partial charge in [0.05, 0.1) is 17.9 Å². The van der Waals surface area contributed by atoms with Crippen molar-refractivity contribution in [3.63, 3.8) is 0 Å². The maximum Gasteiger partial charge on any atom is 0.304 e. The Morgan fingerprint density at radius 3 is 2.78 bits per heavy atom. The molecule has 5 nitrogen and oxygen atoms in total. The molecule has 104 valence electrons. The van der Waals surface area contributed by atoms with Crippen molar-refractivity contribution in [3.05, 3.63) is 0 Å². The Labute approximate surface area is 112 Å². The number of carboxylic acids is 1. The van der Waals surface area contributed by atoms with E-state index in [-0.39, 0.29) is 24.0 Å². The van der Waals surface area contributed by atoms with E-state index in [2.05, 4.69) is 11.8 Å². The highest BCUT2D eigenvalue weighted by molar-refractivity contribution is 8.00. The first-order chi connectivity index (χ1) is 8.39. The molecule has 0 radical (unpaired) electrons. The average Bonchev–Trinajstić information content (AvgIpc) is 2.62. The van der Waals surface area contributed by atoms with Gasteiger partial charge in [0.15, 0.2) is 9.84 Å². The maximum atomic E-state index is 11.7. The van der Waals surface area contributed by atoms with E-state index in [9.17, 15) is 13.2 Å². The minimum Gasteiger partial charge on any atom is -0.481 e. The van der Waals surface area contributed by atoms with E-state index >= 15 is 0 Å². The highest BCUT2D eigenvalue weighted by Gasteiger charge is 2.39. The summed E-state index contributed by atoms with van der Waals surface area (Å²) < 4.78 is 23.3.